The van der Waals surface area contributed by atoms with Gasteiger partial charge in [0.2, 0.25) is 0 Å². The number of fused-ring (bicyclic) bond motifs is 1. The van der Waals surface area contributed by atoms with Gasteiger partial charge in [-0.1, -0.05) is 88.9 Å². The number of pyridine rings is 1. The summed E-state index contributed by atoms with van der Waals surface area (Å²) in [5.41, 5.74) is 10.8. The zero-order chi connectivity index (χ0) is 20.6. The molecule has 1 aromatic heterocycles. The van der Waals surface area contributed by atoms with Gasteiger partial charge >= 0.3 is 0 Å². The van der Waals surface area contributed by atoms with Gasteiger partial charge in [0, 0.05) is 5.39 Å². The Balaban J connectivity index is 1.86. The van der Waals surface area contributed by atoms with Crippen LogP contribution < -0.4 is 5.73 Å². The zero-order valence-electron chi connectivity index (χ0n) is 17.7. The normalized spacial score (nSPS) is 15.1. The van der Waals surface area contributed by atoms with Gasteiger partial charge in [0.1, 0.15) is 5.69 Å². The summed E-state index contributed by atoms with van der Waals surface area (Å²) >= 11 is 0. The standard InChI is InChI=1S/C26H30N2O/c1-26(2,3)20-13-11-18(12-14-20)21-10-6-9-19-16-23(25(27)29)28-22(24(19)21)15-17-7-4-5-8-17/h6,9-14,16-17H,4-5,7-8,15H2,1-3H3,(H2,27,29). The van der Waals surface area contributed by atoms with Gasteiger partial charge in [-0.2, -0.15) is 0 Å². The lowest BCUT2D eigenvalue weighted by molar-refractivity contribution is 0.0995. The second-order valence-electron chi connectivity index (χ2n) is 9.40. The van der Waals surface area contributed by atoms with Crippen LogP contribution in [0.25, 0.3) is 21.9 Å². The molecule has 3 nitrogen and oxygen atoms in total. The molecular weight excluding hydrogens is 356 g/mol. The molecule has 2 aromatic carbocycles. The first kappa shape index (κ1) is 19.6. The molecule has 1 fully saturated rings. The van der Waals surface area contributed by atoms with Crippen LogP contribution in [0.3, 0.4) is 0 Å². The molecule has 150 valence electrons. The summed E-state index contributed by atoms with van der Waals surface area (Å²) in [4.78, 5) is 16.6. The Morgan fingerprint density at radius 3 is 2.38 bits per heavy atom. The number of nitrogens with two attached hydrogens (primary N) is 1. The average Bonchev–Trinajstić information content (AvgIpc) is 3.20. The lowest BCUT2D eigenvalue weighted by Crippen LogP contribution is -2.15. The van der Waals surface area contributed by atoms with Crippen molar-refractivity contribution in [2.75, 3.05) is 0 Å². The van der Waals surface area contributed by atoms with Crippen molar-refractivity contribution in [2.45, 2.75) is 58.3 Å². The lowest BCUT2D eigenvalue weighted by Gasteiger charge is -2.20. The molecule has 1 aliphatic carbocycles. The first-order valence-electron chi connectivity index (χ1n) is 10.7. The van der Waals surface area contributed by atoms with Crippen molar-refractivity contribution >= 4 is 16.7 Å². The van der Waals surface area contributed by atoms with E-state index in [1.54, 1.807) is 0 Å². The number of aromatic nitrogens is 1. The zero-order valence-corrected chi connectivity index (χ0v) is 17.7. The second kappa shape index (κ2) is 7.62. The van der Waals surface area contributed by atoms with Crippen LogP contribution in [0.1, 0.15) is 68.2 Å². The summed E-state index contributed by atoms with van der Waals surface area (Å²) in [5.74, 6) is 0.185. The summed E-state index contributed by atoms with van der Waals surface area (Å²) in [7, 11) is 0. The number of amides is 1. The molecule has 1 aliphatic rings. The minimum Gasteiger partial charge on any atom is -0.364 e. The van der Waals surface area contributed by atoms with Crippen LogP contribution in [0.15, 0.2) is 48.5 Å². The Morgan fingerprint density at radius 2 is 1.76 bits per heavy atom. The third-order valence-electron chi connectivity index (χ3n) is 6.20. The molecule has 0 unspecified atom stereocenters. The molecule has 0 aliphatic heterocycles. The largest absolute Gasteiger partial charge is 0.364 e. The Hall–Kier alpha value is -2.68. The van der Waals surface area contributed by atoms with E-state index in [1.807, 2.05) is 6.07 Å². The first-order chi connectivity index (χ1) is 13.8. The molecular formula is C26H30N2O. The molecule has 1 amide bonds. The Kier molecular flexibility index (Phi) is 5.16. The molecule has 0 radical (unpaired) electrons. The summed E-state index contributed by atoms with van der Waals surface area (Å²) in [6, 6.07) is 17.0. The monoisotopic (exact) mass is 386 g/mol. The molecule has 0 saturated heterocycles. The van der Waals surface area contributed by atoms with Gasteiger partial charge < -0.3 is 5.73 Å². The summed E-state index contributed by atoms with van der Waals surface area (Å²) in [6.07, 6.45) is 5.98. The first-order valence-corrected chi connectivity index (χ1v) is 10.7. The van der Waals surface area contributed by atoms with Gasteiger partial charge in [0.25, 0.3) is 5.91 Å². The minimum atomic E-state index is -0.459. The highest BCUT2D eigenvalue weighted by Gasteiger charge is 2.21. The SMILES string of the molecule is CC(C)(C)c1ccc(-c2cccc3cc(C(N)=O)nc(CC4CCCC4)c23)cc1. The molecule has 0 bridgehead atoms. The van der Waals surface area contributed by atoms with E-state index in [2.05, 4.69) is 63.2 Å². The number of carbonyl (C=O) groups excluding carboxylic acids is 1. The van der Waals surface area contributed by atoms with Gasteiger partial charge in [-0.3, -0.25) is 4.79 Å². The maximum atomic E-state index is 11.9. The van der Waals surface area contributed by atoms with E-state index < -0.39 is 5.91 Å². The van der Waals surface area contributed by atoms with Crippen molar-refractivity contribution < 1.29 is 4.79 Å². The summed E-state index contributed by atoms with van der Waals surface area (Å²) in [6.45, 7) is 6.69. The maximum absolute atomic E-state index is 11.9. The molecule has 4 rings (SSSR count). The van der Waals surface area contributed by atoms with Gasteiger partial charge in [-0.05, 0) is 45.9 Å². The fourth-order valence-corrected chi connectivity index (χ4v) is 4.55. The van der Waals surface area contributed by atoms with Crippen LogP contribution in [0, 0.1) is 5.92 Å². The number of benzene rings is 2. The predicted molar refractivity (Wildman–Crippen MR) is 120 cm³/mol. The molecule has 0 atom stereocenters. The number of hydrogen-bond acceptors (Lipinski definition) is 2. The fourth-order valence-electron chi connectivity index (χ4n) is 4.55. The van der Waals surface area contributed by atoms with Crippen LogP contribution in [-0.2, 0) is 11.8 Å². The van der Waals surface area contributed by atoms with Gasteiger partial charge in [-0.25, -0.2) is 4.98 Å². The van der Waals surface area contributed by atoms with Crippen LogP contribution in [-0.4, -0.2) is 10.9 Å². The number of carbonyl (C=O) groups is 1. The smallest absolute Gasteiger partial charge is 0.267 e. The predicted octanol–water partition coefficient (Wildman–Crippen LogP) is 6.03. The van der Waals surface area contributed by atoms with Crippen LogP contribution in [0.5, 0.6) is 0 Å². The van der Waals surface area contributed by atoms with Gasteiger partial charge in [0.15, 0.2) is 0 Å². The molecule has 1 saturated carbocycles. The lowest BCUT2D eigenvalue weighted by atomic mass is 9.85. The van der Waals surface area contributed by atoms with Crippen molar-refractivity contribution in [3.8, 4) is 11.1 Å². The fraction of sp³-hybridized carbons (Fsp3) is 0.385. The number of primary amides is 1. The molecule has 3 aromatic rings. The van der Waals surface area contributed by atoms with Crippen molar-refractivity contribution in [1.82, 2.24) is 4.98 Å². The Bertz CT molecular complexity index is 1040. The van der Waals surface area contributed by atoms with Gasteiger partial charge in [0.05, 0.1) is 5.69 Å². The number of rotatable bonds is 4. The molecule has 29 heavy (non-hydrogen) atoms. The van der Waals surface area contributed by atoms with Crippen molar-refractivity contribution in [2.24, 2.45) is 11.7 Å². The van der Waals surface area contributed by atoms with Crippen LogP contribution >= 0.6 is 0 Å². The highest BCUT2D eigenvalue weighted by molar-refractivity contribution is 6.02. The van der Waals surface area contributed by atoms with E-state index in [9.17, 15) is 4.79 Å². The molecule has 0 spiro atoms. The Labute approximate surface area is 173 Å². The topological polar surface area (TPSA) is 56.0 Å². The Morgan fingerprint density at radius 1 is 1.07 bits per heavy atom. The van der Waals surface area contributed by atoms with E-state index in [4.69, 9.17) is 10.7 Å². The third-order valence-corrected chi connectivity index (χ3v) is 6.20. The van der Waals surface area contributed by atoms with Crippen LogP contribution in [0.4, 0.5) is 0 Å². The quantitative estimate of drug-likeness (QED) is 0.595. The van der Waals surface area contributed by atoms with E-state index in [-0.39, 0.29) is 5.41 Å². The van der Waals surface area contributed by atoms with E-state index >= 15 is 0 Å². The highest BCUT2D eigenvalue weighted by atomic mass is 16.1. The third kappa shape index (κ3) is 4.05. The second-order valence-corrected chi connectivity index (χ2v) is 9.40. The molecule has 3 heteroatoms. The maximum Gasteiger partial charge on any atom is 0.267 e. The van der Waals surface area contributed by atoms with Crippen molar-refractivity contribution in [3.05, 3.63) is 65.5 Å². The van der Waals surface area contributed by atoms with Crippen molar-refractivity contribution in [1.29, 1.82) is 0 Å². The number of nitrogens with zero attached hydrogens (tertiary/aromatic N) is 1. The van der Waals surface area contributed by atoms with E-state index in [0.29, 0.717) is 11.6 Å². The van der Waals surface area contributed by atoms with Crippen molar-refractivity contribution in [3.63, 3.8) is 0 Å². The number of hydrogen-bond donors (Lipinski definition) is 1. The summed E-state index contributed by atoms with van der Waals surface area (Å²) < 4.78 is 0. The van der Waals surface area contributed by atoms with Crippen LogP contribution in [0.2, 0.25) is 0 Å². The van der Waals surface area contributed by atoms with E-state index in [1.165, 1.54) is 42.4 Å². The average molecular weight is 387 g/mol. The molecule has 2 N–H and O–H groups in total. The highest BCUT2D eigenvalue weighted by Crippen LogP contribution is 2.36. The minimum absolute atomic E-state index is 0.128. The van der Waals surface area contributed by atoms with Gasteiger partial charge in [-0.15, -0.1) is 0 Å². The summed E-state index contributed by atoms with van der Waals surface area (Å²) in [5, 5.41) is 2.20. The molecule has 1 heterocycles. The van der Waals surface area contributed by atoms with E-state index in [0.717, 1.165) is 22.9 Å².